The molecule has 0 spiro atoms. The van der Waals surface area contributed by atoms with Gasteiger partial charge in [0.2, 0.25) is 0 Å². The van der Waals surface area contributed by atoms with Gasteiger partial charge in [0, 0.05) is 6.42 Å². The molecule has 3 saturated carbocycles. The first-order valence-electron chi connectivity index (χ1n) is 9.26. The first kappa shape index (κ1) is 14.9. The van der Waals surface area contributed by atoms with Gasteiger partial charge in [-0.1, -0.05) is 26.3 Å². The Bertz CT molecular complexity index is 532. The summed E-state index contributed by atoms with van der Waals surface area (Å²) >= 11 is 0. The Labute approximate surface area is 134 Å². The Hall–Kier alpha value is -0.630. The van der Waals surface area contributed by atoms with Crippen molar-refractivity contribution in [2.24, 2.45) is 34.5 Å². The molecule has 0 aromatic rings. The minimum atomic E-state index is -0.135. The van der Waals surface area contributed by atoms with Crippen LogP contribution < -0.4 is 0 Å². The van der Waals surface area contributed by atoms with Crippen LogP contribution in [0.4, 0.5) is 0 Å². The second kappa shape index (κ2) is 4.69. The topological polar surface area (TPSA) is 37.3 Å². The number of hydrogen-bond acceptors (Lipinski definition) is 2. The van der Waals surface area contributed by atoms with Crippen LogP contribution in [-0.4, -0.2) is 17.0 Å². The molecular formula is C20H30O2. The van der Waals surface area contributed by atoms with Crippen molar-refractivity contribution in [2.45, 2.75) is 71.8 Å². The molecule has 6 atom stereocenters. The van der Waals surface area contributed by atoms with Crippen LogP contribution in [0.3, 0.4) is 0 Å². The van der Waals surface area contributed by atoms with Gasteiger partial charge in [0.1, 0.15) is 0 Å². The fourth-order valence-electron chi connectivity index (χ4n) is 6.69. The molecule has 2 heteroatoms. The second-order valence-electron chi connectivity index (χ2n) is 9.28. The molecule has 2 nitrogen and oxygen atoms in total. The summed E-state index contributed by atoms with van der Waals surface area (Å²) in [7, 11) is 0. The third-order valence-electron chi connectivity index (χ3n) is 8.20. The van der Waals surface area contributed by atoms with Gasteiger partial charge in [-0.3, -0.25) is 4.79 Å². The average molecular weight is 302 g/mol. The van der Waals surface area contributed by atoms with Crippen LogP contribution in [0.2, 0.25) is 0 Å². The quantitative estimate of drug-likeness (QED) is 0.730. The van der Waals surface area contributed by atoms with Crippen LogP contribution in [0, 0.1) is 34.5 Å². The minimum Gasteiger partial charge on any atom is -0.393 e. The van der Waals surface area contributed by atoms with E-state index in [9.17, 15) is 9.90 Å². The predicted octanol–water partition coefficient (Wildman–Crippen LogP) is 4.13. The summed E-state index contributed by atoms with van der Waals surface area (Å²) in [6, 6.07) is 0. The molecule has 0 amide bonds. The summed E-state index contributed by atoms with van der Waals surface area (Å²) in [6.07, 6.45) is 9.52. The molecule has 0 aromatic carbocycles. The number of ketones is 1. The van der Waals surface area contributed by atoms with Crippen LogP contribution >= 0.6 is 0 Å². The molecule has 0 radical (unpaired) electrons. The van der Waals surface area contributed by atoms with Crippen molar-refractivity contribution in [2.75, 3.05) is 0 Å². The van der Waals surface area contributed by atoms with E-state index in [1.54, 1.807) is 0 Å². The van der Waals surface area contributed by atoms with E-state index >= 15 is 0 Å². The van der Waals surface area contributed by atoms with Crippen molar-refractivity contribution >= 4 is 5.78 Å². The molecule has 0 bridgehead atoms. The van der Waals surface area contributed by atoms with Crippen molar-refractivity contribution in [1.29, 1.82) is 0 Å². The van der Waals surface area contributed by atoms with Gasteiger partial charge in [-0.05, 0) is 79.1 Å². The number of aliphatic hydroxyl groups excluding tert-OH is 1. The normalized spacial score (nSPS) is 49.9. The minimum absolute atomic E-state index is 0.0605. The van der Waals surface area contributed by atoms with E-state index in [1.165, 1.54) is 24.8 Å². The molecular weight excluding hydrogens is 272 g/mol. The van der Waals surface area contributed by atoms with E-state index in [0.717, 1.165) is 43.4 Å². The van der Waals surface area contributed by atoms with Gasteiger partial charge in [-0.2, -0.15) is 0 Å². The molecule has 22 heavy (non-hydrogen) atoms. The van der Waals surface area contributed by atoms with Gasteiger partial charge in [-0.25, -0.2) is 0 Å². The molecule has 4 aliphatic rings. The van der Waals surface area contributed by atoms with Gasteiger partial charge in [-0.15, -0.1) is 0 Å². The number of fused-ring (bicyclic) bond motifs is 5. The van der Waals surface area contributed by atoms with Crippen molar-refractivity contribution in [3.8, 4) is 0 Å². The maximum absolute atomic E-state index is 11.8. The van der Waals surface area contributed by atoms with Crippen LogP contribution in [0.1, 0.15) is 65.7 Å². The van der Waals surface area contributed by atoms with E-state index in [2.05, 4.69) is 20.8 Å². The zero-order valence-corrected chi connectivity index (χ0v) is 14.3. The number of rotatable bonds is 0. The van der Waals surface area contributed by atoms with E-state index in [1.807, 2.05) is 6.08 Å². The Morgan fingerprint density at radius 2 is 1.77 bits per heavy atom. The molecule has 0 aliphatic heterocycles. The van der Waals surface area contributed by atoms with Gasteiger partial charge in [0.25, 0.3) is 0 Å². The maximum Gasteiger partial charge on any atom is 0.155 e. The predicted molar refractivity (Wildman–Crippen MR) is 87.3 cm³/mol. The number of aliphatic hydroxyl groups is 1. The fraction of sp³-hybridized carbons (Fsp3) is 0.850. The van der Waals surface area contributed by atoms with Crippen LogP contribution in [-0.2, 0) is 4.79 Å². The Morgan fingerprint density at radius 3 is 2.55 bits per heavy atom. The zero-order chi connectivity index (χ0) is 15.7. The lowest BCUT2D eigenvalue weighted by molar-refractivity contribution is -0.116. The largest absolute Gasteiger partial charge is 0.393 e. The Morgan fingerprint density at radius 1 is 1.05 bits per heavy atom. The smallest absolute Gasteiger partial charge is 0.155 e. The fourth-order valence-corrected chi connectivity index (χ4v) is 6.69. The summed E-state index contributed by atoms with van der Waals surface area (Å²) in [6.45, 7) is 7.01. The summed E-state index contributed by atoms with van der Waals surface area (Å²) in [4.78, 5) is 11.8. The SMILES string of the molecule is CC1(C)C2CC3C(CCC4=CC(=O)CC[C@@]43C)C2CC[C@@H]1O. The monoisotopic (exact) mass is 302 g/mol. The highest BCUT2D eigenvalue weighted by Crippen LogP contribution is 2.66. The van der Waals surface area contributed by atoms with Gasteiger partial charge < -0.3 is 5.11 Å². The van der Waals surface area contributed by atoms with E-state index in [-0.39, 0.29) is 16.9 Å². The summed E-state index contributed by atoms with van der Waals surface area (Å²) in [5.74, 6) is 3.38. The van der Waals surface area contributed by atoms with Crippen LogP contribution in [0.15, 0.2) is 11.6 Å². The third kappa shape index (κ3) is 1.85. The Kier molecular flexibility index (Phi) is 3.18. The second-order valence-corrected chi connectivity index (χ2v) is 9.28. The highest BCUT2D eigenvalue weighted by Gasteiger charge is 2.59. The lowest BCUT2D eigenvalue weighted by Gasteiger charge is -2.48. The third-order valence-corrected chi connectivity index (χ3v) is 8.20. The van der Waals surface area contributed by atoms with E-state index in [0.29, 0.717) is 11.7 Å². The number of allylic oxidation sites excluding steroid dienone is 2. The van der Waals surface area contributed by atoms with Crippen molar-refractivity contribution in [1.82, 2.24) is 0 Å². The average Bonchev–Trinajstić information content (AvgIpc) is 2.85. The molecule has 0 heterocycles. The van der Waals surface area contributed by atoms with Gasteiger partial charge >= 0.3 is 0 Å². The molecule has 0 saturated heterocycles. The van der Waals surface area contributed by atoms with Crippen molar-refractivity contribution in [3.05, 3.63) is 11.6 Å². The molecule has 4 rings (SSSR count). The molecule has 1 N–H and O–H groups in total. The first-order chi connectivity index (χ1) is 10.3. The summed E-state index contributed by atoms with van der Waals surface area (Å²) < 4.78 is 0. The van der Waals surface area contributed by atoms with E-state index < -0.39 is 0 Å². The van der Waals surface area contributed by atoms with Gasteiger partial charge in [0.15, 0.2) is 5.78 Å². The summed E-state index contributed by atoms with van der Waals surface area (Å²) in [5, 5.41) is 10.5. The van der Waals surface area contributed by atoms with Gasteiger partial charge in [0.05, 0.1) is 6.10 Å². The number of hydrogen-bond donors (Lipinski definition) is 1. The molecule has 4 aliphatic carbocycles. The molecule has 0 aromatic heterocycles. The maximum atomic E-state index is 11.8. The lowest BCUT2D eigenvalue weighted by Crippen LogP contribution is -2.44. The van der Waals surface area contributed by atoms with Crippen LogP contribution in [0.25, 0.3) is 0 Å². The first-order valence-corrected chi connectivity index (χ1v) is 9.26. The van der Waals surface area contributed by atoms with Crippen molar-refractivity contribution < 1.29 is 9.90 Å². The summed E-state index contributed by atoms with van der Waals surface area (Å²) in [5.41, 5.74) is 1.77. The van der Waals surface area contributed by atoms with Crippen LogP contribution in [0.5, 0.6) is 0 Å². The highest BCUT2D eigenvalue weighted by molar-refractivity contribution is 5.91. The van der Waals surface area contributed by atoms with E-state index in [4.69, 9.17) is 0 Å². The standard InChI is InChI=1S/C20H30O2/c1-19(2)16-11-17-15(14(16)6-7-18(19)22)5-4-12-10-13(21)8-9-20(12,17)3/h10,14-18,22H,4-9,11H2,1-3H3/t14?,15?,16?,17?,18-,20-/m0/s1. The molecule has 122 valence electrons. The number of carbonyl (C=O) groups is 1. The molecule has 4 unspecified atom stereocenters. The lowest BCUT2D eigenvalue weighted by atomic mass is 9.56. The number of carbonyl (C=O) groups excluding carboxylic acids is 1. The zero-order valence-electron chi connectivity index (χ0n) is 14.3. The van der Waals surface area contributed by atoms with Crippen molar-refractivity contribution in [3.63, 3.8) is 0 Å². The molecule has 3 fully saturated rings. The highest BCUT2D eigenvalue weighted by atomic mass is 16.3. The Balaban J connectivity index is 1.70.